The van der Waals surface area contributed by atoms with E-state index < -0.39 is 0 Å². The van der Waals surface area contributed by atoms with E-state index in [9.17, 15) is 0 Å². The van der Waals surface area contributed by atoms with Crippen LogP contribution in [0.5, 0.6) is 0 Å². The topological polar surface area (TPSA) is 20.5 Å². The molecule has 2 aromatic rings. The molecule has 1 aliphatic rings. The third-order valence-corrected chi connectivity index (χ3v) is 4.06. The molecule has 1 saturated heterocycles. The fourth-order valence-corrected chi connectivity index (χ4v) is 2.97. The first-order valence-corrected chi connectivity index (χ1v) is 7.09. The number of fused-ring (bicyclic) bond motifs is 1. The molecule has 0 amide bonds. The van der Waals surface area contributed by atoms with Crippen molar-refractivity contribution in [1.29, 1.82) is 0 Å². The van der Waals surface area contributed by atoms with Gasteiger partial charge < -0.3 is 4.40 Å². The van der Waals surface area contributed by atoms with E-state index in [1.807, 2.05) is 24.4 Å². The van der Waals surface area contributed by atoms with Gasteiger partial charge >= 0.3 is 0 Å². The molecule has 1 fully saturated rings. The van der Waals surface area contributed by atoms with Crippen molar-refractivity contribution in [2.24, 2.45) is 5.92 Å². The Morgan fingerprint density at radius 3 is 3.17 bits per heavy atom. The van der Waals surface area contributed by atoms with Crippen molar-refractivity contribution in [1.82, 2.24) is 14.3 Å². The number of likely N-dealkylation sites (tertiary alicyclic amines) is 1. The smallest absolute Gasteiger partial charge is 0.137 e. The Bertz CT molecular complexity index is 489. The van der Waals surface area contributed by atoms with Crippen LogP contribution in [0.3, 0.4) is 0 Å². The largest absolute Gasteiger partial charge is 0.307 e. The number of halogens is 1. The van der Waals surface area contributed by atoms with Gasteiger partial charge in [-0.25, -0.2) is 4.98 Å². The lowest BCUT2D eigenvalue weighted by atomic mass is 10.00. The minimum Gasteiger partial charge on any atom is -0.307 e. The fraction of sp³-hybridized carbons (Fsp3) is 0.500. The lowest BCUT2D eigenvalue weighted by molar-refractivity contribution is 0.176. The van der Waals surface area contributed by atoms with Crippen LogP contribution < -0.4 is 0 Å². The number of rotatable bonds is 3. The number of aromatic nitrogens is 2. The summed E-state index contributed by atoms with van der Waals surface area (Å²) in [4.78, 5) is 7.12. The van der Waals surface area contributed by atoms with Crippen molar-refractivity contribution in [3.63, 3.8) is 0 Å². The van der Waals surface area contributed by atoms with Crippen LogP contribution in [-0.4, -0.2) is 33.3 Å². The summed E-state index contributed by atoms with van der Waals surface area (Å²) in [6, 6.07) is 6.10. The van der Waals surface area contributed by atoms with Crippen LogP contribution in [0.1, 0.15) is 18.5 Å². The molecular weight excluding hydrogens is 246 g/mol. The molecule has 0 saturated carbocycles. The van der Waals surface area contributed by atoms with Crippen LogP contribution in [0.15, 0.2) is 30.6 Å². The highest BCUT2D eigenvalue weighted by molar-refractivity contribution is 6.18. The Kier molecular flexibility index (Phi) is 3.52. The minimum absolute atomic E-state index is 0.650. The van der Waals surface area contributed by atoms with Crippen LogP contribution >= 0.6 is 11.6 Å². The first-order chi connectivity index (χ1) is 8.85. The van der Waals surface area contributed by atoms with Gasteiger partial charge in [0.05, 0.1) is 5.69 Å². The van der Waals surface area contributed by atoms with E-state index in [1.54, 1.807) is 0 Å². The lowest BCUT2D eigenvalue weighted by Crippen LogP contribution is -2.35. The Balaban J connectivity index is 1.71. The van der Waals surface area contributed by atoms with E-state index in [4.69, 9.17) is 11.6 Å². The molecule has 0 spiro atoms. The van der Waals surface area contributed by atoms with E-state index in [-0.39, 0.29) is 0 Å². The van der Waals surface area contributed by atoms with Crippen LogP contribution in [0.4, 0.5) is 0 Å². The number of imidazole rings is 1. The maximum atomic E-state index is 5.97. The maximum Gasteiger partial charge on any atom is 0.137 e. The van der Waals surface area contributed by atoms with Crippen LogP contribution in [-0.2, 0) is 6.54 Å². The van der Waals surface area contributed by atoms with Crippen molar-refractivity contribution in [3.05, 3.63) is 36.3 Å². The molecule has 2 aromatic heterocycles. The van der Waals surface area contributed by atoms with Gasteiger partial charge in [-0.15, -0.1) is 11.6 Å². The summed E-state index contributed by atoms with van der Waals surface area (Å²) in [7, 11) is 0. The zero-order chi connectivity index (χ0) is 12.4. The van der Waals surface area contributed by atoms with Gasteiger partial charge in [0.1, 0.15) is 5.65 Å². The number of nitrogens with zero attached hydrogens (tertiary/aromatic N) is 3. The first-order valence-electron chi connectivity index (χ1n) is 6.56. The monoisotopic (exact) mass is 263 g/mol. The molecule has 1 aliphatic heterocycles. The quantitative estimate of drug-likeness (QED) is 0.794. The Morgan fingerprint density at radius 2 is 2.33 bits per heavy atom. The van der Waals surface area contributed by atoms with Gasteiger partial charge in [-0.2, -0.15) is 0 Å². The Hall–Kier alpha value is -1.06. The number of alkyl halides is 1. The standard InChI is InChI=1S/C14H18ClN3/c15-8-12-4-3-6-17(9-12)10-13-11-18-7-2-1-5-14(18)16-13/h1-2,5,7,11-12H,3-4,6,8-10H2. The van der Waals surface area contributed by atoms with Crippen LogP contribution in [0.2, 0.25) is 0 Å². The summed E-state index contributed by atoms with van der Waals surface area (Å²) >= 11 is 5.97. The van der Waals surface area contributed by atoms with Crippen molar-refractivity contribution < 1.29 is 0 Å². The van der Waals surface area contributed by atoms with Gasteiger partial charge in [0, 0.05) is 31.4 Å². The molecule has 0 bridgehead atoms. The number of hydrogen-bond donors (Lipinski definition) is 0. The summed E-state index contributed by atoms with van der Waals surface area (Å²) in [5.74, 6) is 1.43. The first kappa shape index (κ1) is 12.0. The molecule has 1 unspecified atom stereocenters. The van der Waals surface area contributed by atoms with Gasteiger partial charge in [-0.05, 0) is 37.4 Å². The highest BCUT2D eigenvalue weighted by Crippen LogP contribution is 2.19. The molecular formula is C14H18ClN3. The zero-order valence-electron chi connectivity index (χ0n) is 10.4. The second-order valence-electron chi connectivity index (χ2n) is 5.10. The maximum absolute atomic E-state index is 5.97. The summed E-state index contributed by atoms with van der Waals surface area (Å²) < 4.78 is 2.08. The SMILES string of the molecule is ClCC1CCCN(Cc2cn3ccccc3n2)C1. The zero-order valence-corrected chi connectivity index (χ0v) is 11.2. The van der Waals surface area contributed by atoms with E-state index in [0.29, 0.717) is 5.92 Å². The average molecular weight is 264 g/mol. The highest BCUT2D eigenvalue weighted by atomic mass is 35.5. The third kappa shape index (κ3) is 2.52. The van der Waals surface area contributed by atoms with E-state index >= 15 is 0 Å². The Morgan fingerprint density at radius 1 is 1.39 bits per heavy atom. The summed E-state index contributed by atoms with van der Waals surface area (Å²) in [5, 5.41) is 0. The van der Waals surface area contributed by atoms with E-state index in [2.05, 4.69) is 20.5 Å². The molecule has 96 valence electrons. The summed E-state index contributed by atoms with van der Waals surface area (Å²) in [5.41, 5.74) is 2.18. The van der Waals surface area contributed by atoms with Crippen molar-refractivity contribution in [2.45, 2.75) is 19.4 Å². The molecule has 18 heavy (non-hydrogen) atoms. The van der Waals surface area contributed by atoms with Crippen molar-refractivity contribution in [2.75, 3.05) is 19.0 Å². The van der Waals surface area contributed by atoms with Crippen LogP contribution in [0, 0.1) is 5.92 Å². The van der Waals surface area contributed by atoms with Gasteiger partial charge in [-0.3, -0.25) is 4.90 Å². The molecule has 1 atom stereocenters. The number of hydrogen-bond acceptors (Lipinski definition) is 2. The lowest BCUT2D eigenvalue weighted by Gasteiger charge is -2.31. The molecule has 3 nitrogen and oxygen atoms in total. The average Bonchev–Trinajstić information content (AvgIpc) is 2.81. The van der Waals surface area contributed by atoms with Gasteiger partial charge in [0.25, 0.3) is 0 Å². The third-order valence-electron chi connectivity index (χ3n) is 3.62. The predicted octanol–water partition coefficient (Wildman–Crippen LogP) is 2.79. The van der Waals surface area contributed by atoms with Gasteiger partial charge in [0.15, 0.2) is 0 Å². The predicted molar refractivity (Wildman–Crippen MR) is 73.9 cm³/mol. The van der Waals surface area contributed by atoms with E-state index in [1.165, 1.54) is 19.4 Å². The normalized spacial score (nSPS) is 21.5. The fourth-order valence-electron chi connectivity index (χ4n) is 2.71. The summed E-state index contributed by atoms with van der Waals surface area (Å²) in [6.45, 7) is 3.22. The summed E-state index contributed by atoms with van der Waals surface area (Å²) in [6.07, 6.45) is 6.69. The van der Waals surface area contributed by atoms with Crippen molar-refractivity contribution in [3.8, 4) is 0 Å². The van der Waals surface area contributed by atoms with E-state index in [0.717, 1.165) is 30.3 Å². The Labute approximate surface area is 112 Å². The molecule has 0 N–H and O–H groups in total. The van der Waals surface area contributed by atoms with Gasteiger partial charge in [-0.1, -0.05) is 6.07 Å². The second kappa shape index (κ2) is 5.29. The molecule has 0 aromatic carbocycles. The molecule has 3 rings (SSSR count). The molecule has 0 aliphatic carbocycles. The second-order valence-corrected chi connectivity index (χ2v) is 5.40. The molecule has 4 heteroatoms. The van der Waals surface area contributed by atoms with Gasteiger partial charge in [0.2, 0.25) is 0 Å². The van der Waals surface area contributed by atoms with Crippen molar-refractivity contribution >= 4 is 17.2 Å². The highest BCUT2D eigenvalue weighted by Gasteiger charge is 2.19. The number of piperidine rings is 1. The molecule has 0 radical (unpaired) electrons. The van der Waals surface area contributed by atoms with Crippen LogP contribution in [0.25, 0.3) is 5.65 Å². The minimum atomic E-state index is 0.650. The number of pyridine rings is 1. The molecule has 3 heterocycles.